The van der Waals surface area contributed by atoms with Gasteiger partial charge in [0.25, 0.3) is 0 Å². The minimum Gasteiger partial charge on any atom is -0.478 e. The van der Waals surface area contributed by atoms with Crippen molar-refractivity contribution >= 4 is 28.5 Å². The number of carboxylic acids is 1. The third kappa shape index (κ3) is 1.48. The molecule has 0 saturated heterocycles. The van der Waals surface area contributed by atoms with Crippen LogP contribution in [0, 0.1) is 0 Å². The minimum atomic E-state index is -0.898. The molecule has 84 valence electrons. The fourth-order valence-electron chi connectivity index (χ4n) is 2.12. The molecule has 0 aliphatic heterocycles. The van der Waals surface area contributed by atoms with Crippen molar-refractivity contribution in [3.63, 3.8) is 0 Å². The number of benzene rings is 1. The molecule has 0 bridgehead atoms. The van der Waals surface area contributed by atoms with Crippen LogP contribution in [0.1, 0.15) is 23.0 Å². The summed E-state index contributed by atoms with van der Waals surface area (Å²) in [4.78, 5) is 11.3. The number of halogens is 1. The molecule has 1 heterocycles. The monoisotopic (exact) mass is 237 g/mol. The second-order valence-corrected chi connectivity index (χ2v) is 4.14. The third-order valence-electron chi connectivity index (χ3n) is 2.83. The van der Waals surface area contributed by atoms with E-state index in [1.807, 2.05) is 24.6 Å². The van der Waals surface area contributed by atoms with Crippen molar-refractivity contribution in [2.75, 3.05) is 0 Å². The van der Waals surface area contributed by atoms with Gasteiger partial charge in [0.1, 0.15) is 0 Å². The van der Waals surface area contributed by atoms with Crippen LogP contribution in [0.2, 0.25) is 5.02 Å². The average molecular weight is 238 g/mol. The zero-order valence-corrected chi connectivity index (χ0v) is 9.88. The van der Waals surface area contributed by atoms with E-state index >= 15 is 0 Å². The Bertz CT molecular complexity index is 572. The predicted octanol–water partition coefficient (Wildman–Crippen LogP) is 3.09. The molecule has 0 fully saturated rings. The highest BCUT2D eigenvalue weighted by Gasteiger charge is 2.19. The van der Waals surface area contributed by atoms with Gasteiger partial charge in [-0.1, -0.05) is 18.5 Å². The number of carbonyl (C=O) groups is 1. The number of aromatic nitrogens is 1. The summed E-state index contributed by atoms with van der Waals surface area (Å²) < 4.78 is 1.91. The standard InChI is InChI=1S/C12H12ClNO2/c1-3-9-11(12(15)16)8-6-7(13)4-5-10(8)14(9)2/h4-6H,3H2,1-2H3,(H,15,16). The molecule has 0 aliphatic carbocycles. The van der Waals surface area contributed by atoms with E-state index in [1.54, 1.807) is 12.1 Å². The normalized spacial score (nSPS) is 10.9. The summed E-state index contributed by atoms with van der Waals surface area (Å²) in [7, 11) is 1.88. The Morgan fingerprint density at radius 1 is 1.50 bits per heavy atom. The zero-order valence-electron chi connectivity index (χ0n) is 9.12. The third-order valence-corrected chi connectivity index (χ3v) is 3.07. The molecule has 4 heteroatoms. The summed E-state index contributed by atoms with van der Waals surface area (Å²) in [6, 6.07) is 5.33. The van der Waals surface area contributed by atoms with E-state index in [-0.39, 0.29) is 0 Å². The number of aromatic carboxylic acids is 1. The molecule has 1 aromatic heterocycles. The van der Waals surface area contributed by atoms with Crippen LogP contribution in [0.25, 0.3) is 10.9 Å². The van der Waals surface area contributed by atoms with Gasteiger partial charge in [-0.3, -0.25) is 0 Å². The lowest BCUT2D eigenvalue weighted by Gasteiger charge is -2.01. The highest BCUT2D eigenvalue weighted by molar-refractivity contribution is 6.31. The summed E-state index contributed by atoms with van der Waals surface area (Å²) in [5.74, 6) is -0.898. The Morgan fingerprint density at radius 3 is 2.75 bits per heavy atom. The maximum absolute atomic E-state index is 11.3. The maximum atomic E-state index is 11.3. The average Bonchev–Trinajstić information content (AvgIpc) is 2.50. The molecule has 3 nitrogen and oxygen atoms in total. The van der Waals surface area contributed by atoms with Crippen LogP contribution >= 0.6 is 11.6 Å². The fraction of sp³-hybridized carbons (Fsp3) is 0.250. The summed E-state index contributed by atoms with van der Waals surface area (Å²) in [5.41, 5.74) is 2.09. The number of carboxylic acid groups (broad SMARTS) is 1. The first kappa shape index (κ1) is 11.0. The maximum Gasteiger partial charge on any atom is 0.338 e. The number of hydrogen-bond donors (Lipinski definition) is 1. The lowest BCUT2D eigenvalue weighted by molar-refractivity contribution is 0.0697. The molecule has 0 aliphatic rings. The molecule has 2 aromatic rings. The summed E-state index contributed by atoms with van der Waals surface area (Å²) in [6.07, 6.45) is 0.685. The van der Waals surface area contributed by atoms with E-state index in [4.69, 9.17) is 11.6 Å². The minimum absolute atomic E-state index is 0.363. The second-order valence-electron chi connectivity index (χ2n) is 3.70. The Morgan fingerprint density at radius 2 is 2.19 bits per heavy atom. The number of rotatable bonds is 2. The van der Waals surface area contributed by atoms with Gasteiger partial charge in [0.15, 0.2) is 0 Å². The molecule has 0 atom stereocenters. The van der Waals surface area contributed by atoms with Gasteiger partial charge < -0.3 is 9.67 Å². The van der Waals surface area contributed by atoms with E-state index in [9.17, 15) is 9.90 Å². The number of fused-ring (bicyclic) bond motifs is 1. The van der Waals surface area contributed by atoms with Gasteiger partial charge in [-0.05, 0) is 24.6 Å². The molecular formula is C12H12ClNO2. The Balaban J connectivity index is 2.92. The van der Waals surface area contributed by atoms with Crippen molar-refractivity contribution in [1.29, 1.82) is 0 Å². The quantitative estimate of drug-likeness (QED) is 0.872. The van der Waals surface area contributed by atoms with Gasteiger partial charge in [0.2, 0.25) is 0 Å². The Labute approximate surface area is 98.3 Å². The SMILES string of the molecule is CCc1c(C(=O)O)c2cc(Cl)ccc2n1C. The highest BCUT2D eigenvalue weighted by Crippen LogP contribution is 2.28. The lowest BCUT2D eigenvalue weighted by Crippen LogP contribution is -2.02. The van der Waals surface area contributed by atoms with Crippen molar-refractivity contribution in [2.24, 2.45) is 7.05 Å². The molecule has 2 rings (SSSR count). The first-order valence-corrected chi connectivity index (χ1v) is 5.44. The Kier molecular flexibility index (Phi) is 2.64. The molecule has 16 heavy (non-hydrogen) atoms. The molecule has 1 aromatic carbocycles. The van der Waals surface area contributed by atoms with Crippen molar-refractivity contribution < 1.29 is 9.90 Å². The highest BCUT2D eigenvalue weighted by atomic mass is 35.5. The molecule has 1 N–H and O–H groups in total. The van der Waals surface area contributed by atoms with Crippen LogP contribution in [0.15, 0.2) is 18.2 Å². The largest absolute Gasteiger partial charge is 0.478 e. The number of aryl methyl sites for hydroxylation is 1. The molecule has 0 unspecified atom stereocenters. The van der Waals surface area contributed by atoms with Crippen molar-refractivity contribution in [1.82, 2.24) is 4.57 Å². The van der Waals surface area contributed by atoms with Crippen LogP contribution in [0.3, 0.4) is 0 Å². The zero-order chi connectivity index (χ0) is 11.9. The van der Waals surface area contributed by atoms with Gasteiger partial charge in [-0.2, -0.15) is 0 Å². The van der Waals surface area contributed by atoms with Gasteiger partial charge >= 0.3 is 5.97 Å². The van der Waals surface area contributed by atoms with Crippen molar-refractivity contribution in [3.05, 3.63) is 34.5 Å². The molecule has 0 amide bonds. The van der Waals surface area contributed by atoms with E-state index < -0.39 is 5.97 Å². The summed E-state index contributed by atoms with van der Waals surface area (Å²) >= 11 is 5.90. The topological polar surface area (TPSA) is 42.2 Å². The molecule has 0 spiro atoms. The molecule has 0 saturated carbocycles. The second kappa shape index (κ2) is 3.83. The fourth-order valence-corrected chi connectivity index (χ4v) is 2.29. The summed E-state index contributed by atoms with van der Waals surface area (Å²) in [6.45, 7) is 1.95. The van der Waals surface area contributed by atoms with E-state index in [2.05, 4.69) is 0 Å². The smallest absolute Gasteiger partial charge is 0.338 e. The predicted molar refractivity (Wildman–Crippen MR) is 64.3 cm³/mol. The molecular weight excluding hydrogens is 226 g/mol. The first-order valence-electron chi connectivity index (χ1n) is 5.06. The van der Waals surface area contributed by atoms with Crippen molar-refractivity contribution in [2.45, 2.75) is 13.3 Å². The van der Waals surface area contributed by atoms with Crippen LogP contribution in [0.4, 0.5) is 0 Å². The number of hydrogen-bond acceptors (Lipinski definition) is 1. The van der Waals surface area contributed by atoms with Gasteiger partial charge in [-0.25, -0.2) is 4.79 Å². The first-order chi connectivity index (χ1) is 7.56. The number of nitrogens with zero attached hydrogens (tertiary/aromatic N) is 1. The van der Waals surface area contributed by atoms with E-state index in [0.717, 1.165) is 11.2 Å². The van der Waals surface area contributed by atoms with E-state index in [0.29, 0.717) is 22.4 Å². The van der Waals surface area contributed by atoms with Crippen LogP contribution in [0.5, 0.6) is 0 Å². The van der Waals surface area contributed by atoms with Crippen LogP contribution in [-0.2, 0) is 13.5 Å². The van der Waals surface area contributed by atoms with Gasteiger partial charge in [0.05, 0.1) is 5.56 Å². The lowest BCUT2D eigenvalue weighted by atomic mass is 10.1. The van der Waals surface area contributed by atoms with Crippen molar-refractivity contribution in [3.8, 4) is 0 Å². The van der Waals surface area contributed by atoms with Crippen LogP contribution < -0.4 is 0 Å². The molecule has 0 radical (unpaired) electrons. The van der Waals surface area contributed by atoms with E-state index in [1.165, 1.54) is 0 Å². The Hall–Kier alpha value is -1.48. The van der Waals surface area contributed by atoms with Gasteiger partial charge in [0, 0.05) is 28.7 Å². The van der Waals surface area contributed by atoms with Crippen LogP contribution in [-0.4, -0.2) is 15.6 Å². The van der Waals surface area contributed by atoms with Gasteiger partial charge in [-0.15, -0.1) is 0 Å². The summed E-state index contributed by atoms with van der Waals surface area (Å²) in [5, 5.41) is 10.5.